The number of hydrogen-bond donors (Lipinski definition) is 0. The van der Waals surface area contributed by atoms with E-state index < -0.39 is 5.82 Å². The number of carbonyl (C=O) groups is 1. The molecule has 0 aliphatic carbocycles. The van der Waals surface area contributed by atoms with Gasteiger partial charge in [-0.15, -0.1) is 0 Å². The number of benzene rings is 1. The second-order valence-corrected chi connectivity index (χ2v) is 5.51. The number of carbonyl (C=O) groups excluding carboxylic acids is 1. The lowest BCUT2D eigenvalue weighted by Crippen LogP contribution is -2.43. The van der Waals surface area contributed by atoms with Crippen LogP contribution in [-0.2, 0) is 0 Å². The highest BCUT2D eigenvalue weighted by atomic mass is 79.9. The van der Waals surface area contributed by atoms with Crippen LogP contribution in [0.25, 0.3) is 0 Å². The first kappa shape index (κ1) is 13.5. The van der Waals surface area contributed by atoms with Gasteiger partial charge in [0, 0.05) is 17.1 Å². The van der Waals surface area contributed by atoms with Gasteiger partial charge in [0.1, 0.15) is 5.82 Å². The molecule has 0 N–H and O–H groups in total. The quantitative estimate of drug-likeness (QED) is 0.808. The third-order valence-electron chi connectivity index (χ3n) is 3.54. The zero-order valence-electron chi connectivity index (χ0n) is 10.5. The zero-order valence-corrected chi connectivity index (χ0v) is 12.0. The minimum Gasteiger partial charge on any atom is -0.336 e. The summed E-state index contributed by atoms with van der Waals surface area (Å²) >= 11 is 3.27. The van der Waals surface area contributed by atoms with Crippen LogP contribution in [-0.4, -0.2) is 23.4 Å². The van der Waals surface area contributed by atoms with Gasteiger partial charge in [-0.25, -0.2) is 4.39 Å². The Morgan fingerprint density at radius 3 is 2.94 bits per heavy atom. The van der Waals surface area contributed by atoms with Gasteiger partial charge in [0.25, 0.3) is 5.91 Å². The average Bonchev–Trinajstić information content (AvgIpc) is 2.38. The van der Waals surface area contributed by atoms with E-state index in [1.807, 2.05) is 4.90 Å². The molecule has 98 valence electrons. The molecule has 1 fully saturated rings. The first-order valence-electron chi connectivity index (χ1n) is 6.40. The summed E-state index contributed by atoms with van der Waals surface area (Å²) in [6.45, 7) is 2.81. The molecule has 1 atom stereocenters. The summed E-state index contributed by atoms with van der Waals surface area (Å²) in [7, 11) is 0. The maximum atomic E-state index is 13.8. The van der Waals surface area contributed by atoms with Gasteiger partial charge in [-0.1, -0.05) is 13.0 Å². The van der Waals surface area contributed by atoms with E-state index in [9.17, 15) is 9.18 Å². The van der Waals surface area contributed by atoms with Crippen LogP contribution in [0.2, 0.25) is 0 Å². The number of piperidine rings is 1. The highest BCUT2D eigenvalue weighted by Crippen LogP contribution is 2.26. The minimum atomic E-state index is -0.449. The van der Waals surface area contributed by atoms with Crippen molar-refractivity contribution in [2.75, 3.05) is 6.54 Å². The molecule has 18 heavy (non-hydrogen) atoms. The SMILES string of the molecule is CCC1CCCCN1C(=O)c1c(F)cccc1Br. The van der Waals surface area contributed by atoms with Gasteiger partial charge < -0.3 is 4.90 Å². The lowest BCUT2D eigenvalue weighted by molar-refractivity contribution is 0.0602. The molecule has 4 heteroatoms. The molecule has 0 saturated carbocycles. The van der Waals surface area contributed by atoms with Crippen molar-refractivity contribution in [1.82, 2.24) is 4.90 Å². The smallest absolute Gasteiger partial charge is 0.258 e. The Kier molecular flexibility index (Phi) is 4.38. The van der Waals surface area contributed by atoms with Crippen molar-refractivity contribution in [1.29, 1.82) is 0 Å². The number of halogens is 2. The summed E-state index contributed by atoms with van der Waals surface area (Å²) in [6.07, 6.45) is 4.11. The van der Waals surface area contributed by atoms with Crippen molar-refractivity contribution < 1.29 is 9.18 Å². The molecule has 1 unspecified atom stereocenters. The van der Waals surface area contributed by atoms with Crippen LogP contribution >= 0.6 is 15.9 Å². The Balaban J connectivity index is 2.30. The summed E-state index contributed by atoms with van der Waals surface area (Å²) < 4.78 is 14.3. The Morgan fingerprint density at radius 1 is 1.50 bits per heavy atom. The van der Waals surface area contributed by atoms with E-state index >= 15 is 0 Å². The van der Waals surface area contributed by atoms with Crippen molar-refractivity contribution in [3.63, 3.8) is 0 Å². The van der Waals surface area contributed by atoms with Crippen LogP contribution in [0.15, 0.2) is 22.7 Å². The molecule has 1 aliphatic heterocycles. The normalized spacial score (nSPS) is 19.9. The van der Waals surface area contributed by atoms with Crippen LogP contribution in [0.5, 0.6) is 0 Å². The van der Waals surface area contributed by atoms with Gasteiger partial charge in [0.05, 0.1) is 5.56 Å². The highest BCUT2D eigenvalue weighted by Gasteiger charge is 2.28. The van der Waals surface area contributed by atoms with Crippen LogP contribution in [0, 0.1) is 5.82 Å². The van der Waals surface area contributed by atoms with E-state index in [-0.39, 0.29) is 17.5 Å². The Morgan fingerprint density at radius 2 is 2.28 bits per heavy atom. The van der Waals surface area contributed by atoms with Crippen molar-refractivity contribution in [3.8, 4) is 0 Å². The number of hydrogen-bond acceptors (Lipinski definition) is 1. The van der Waals surface area contributed by atoms with Crippen molar-refractivity contribution in [3.05, 3.63) is 34.1 Å². The molecule has 1 aromatic carbocycles. The number of likely N-dealkylation sites (tertiary alicyclic amines) is 1. The molecule has 2 rings (SSSR count). The lowest BCUT2D eigenvalue weighted by Gasteiger charge is -2.35. The first-order chi connectivity index (χ1) is 8.65. The van der Waals surface area contributed by atoms with E-state index in [0.717, 1.165) is 32.2 Å². The summed E-state index contributed by atoms with van der Waals surface area (Å²) in [5.41, 5.74) is 0.165. The minimum absolute atomic E-state index is 0.165. The van der Waals surface area contributed by atoms with E-state index in [1.165, 1.54) is 6.07 Å². The van der Waals surface area contributed by atoms with Gasteiger partial charge in [-0.05, 0) is 53.7 Å². The second-order valence-electron chi connectivity index (χ2n) is 4.65. The van der Waals surface area contributed by atoms with Crippen LogP contribution in [0.3, 0.4) is 0 Å². The third kappa shape index (κ3) is 2.58. The first-order valence-corrected chi connectivity index (χ1v) is 7.19. The van der Waals surface area contributed by atoms with E-state index in [2.05, 4.69) is 22.9 Å². The fourth-order valence-electron chi connectivity index (χ4n) is 2.54. The number of nitrogens with zero attached hydrogens (tertiary/aromatic N) is 1. The summed E-state index contributed by atoms with van der Waals surface area (Å²) in [6, 6.07) is 4.89. The number of amides is 1. The Hall–Kier alpha value is -0.900. The molecular weight excluding hydrogens is 297 g/mol. The van der Waals surface area contributed by atoms with Gasteiger partial charge in [-0.3, -0.25) is 4.79 Å². The average molecular weight is 314 g/mol. The van der Waals surface area contributed by atoms with Crippen LogP contribution < -0.4 is 0 Å². The zero-order chi connectivity index (χ0) is 13.1. The molecule has 1 heterocycles. The standard InChI is InChI=1S/C14H17BrFNO/c1-2-10-6-3-4-9-17(10)14(18)13-11(15)7-5-8-12(13)16/h5,7-8,10H,2-4,6,9H2,1H3. The Labute approximate surface area is 115 Å². The predicted octanol–water partition coefficient (Wildman–Crippen LogP) is 3.99. The number of rotatable bonds is 2. The van der Waals surface area contributed by atoms with Crippen molar-refractivity contribution >= 4 is 21.8 Å². The van der Waals surface area contributed by atoms with Crippen molar-refractivity contribution in [2.45, 2.75) is 38.6 Å². The van der Waals surface area contributed by atoms with Crippen molar-refractivity contribution in [2.24, 2.45) is 0 Å². The molecule has 2 nitrogen and oxygen atoms in total. The van der Waals surface area contributed by atoms with Gasteiger partial charge in [0.2, 0.25) is 0 Å². The van der Waals surface area contributed by atoms with Crippen LogP contribution in [0.4, 0.5) is 4.39 Å². The van der Waals surface area contributed by atoms with Gasteiger partial charge >= 0.3 is 0 Å². The topological polar surface area (TPSA) is 20.3 Å². The Bertz CT molecular complexity index is 429. The molecule has 0 bridgehead atoms. The molecule has 0 spiro atoms. The maximum absolute atomic E-state index is 13.8. The lowest BCUT2D eigenvalue weighted by atomic mass is 9.99. The highest BCUT2D eigenvalue weighted by molar-refractivity contribution is 9.10. The maximum Gasteiger partial charge on any atom is 0.258 e. The summed E-state index contributed by atoms with van der Waals surface area (Å²) in [4.78, 5) is 14.3. The molecular formula is C14H17BrFNO. The molecule has 1 amide bonds. The summed E-state index contributed by atoms with van der Waals surface area (Å²) in [5, 5.41) is 0. The van der Waals surface area contributed by atoms with Gasteiger partial charge in [-0.2, -0.15) is 0 Å². The largest absolute Gasteiger partial charge is 0.336 e. The fourth-order valence-corrected chi connectivity index (χ4v) is 3.05. The molecule has 0 aromatic heterocycles. The van der Waals surface area contributed by atoms with Gasteiger partial charge in [0.15, 0.2) is 0 Å². The summed E-state index contributed by atoms with van der Waals surface area (Å²) in [5.74, 6) is -0.638. The van der Waals surface area contributed by atoms with Crippen LogP contribution in [0.1, 0.15) is 43.0 Å². The third-order valence-corrected chi connectivity index (χ3v) is 4.20. The van der Waals surface area contributed by atoms with E-state index in [1.54, 1.807) is 12.1 Å². The predicted molar refractivity (Wildman–Crippen MR) is 73.1 cm³/mol. The molecule has 1 saturated heterocycles. The molecule has 1 aliphatic rings. The molecule has 1 aromatic rings. The monoisotopic (exact) mass is 313 g/mol. The second kappa shape index (κ2) is 5.83. The van der Waals surface area contributed by atoms with E-state index in [4.69, 9.17) is 0 Å². The fraction of sp³-hybridized carbons (Fsp3) is 0.500. The van der Waals surface area contributed by atoms with E-state index in [0.29, 0.717) is 4.47 Å². The molecule has 0 radical (unpaired) electrons.